The van der Waals surface area contributed by atoms with E-state index in [1.54, 1.807) is 0 Å². The van der Waals surface area contributed by atoms with Gasteiger partial charge in [0.15, 0.2) is 0 Å². The second kappa shape index (κ2) is 5.83. The van der Waals surface area contributed by atoms with Crippen LogP contribution in [0.5, 0.6) is 0 Å². The van der Waals surface area contributed by atoms with Crippen LogP contribution < -0.4 is 4.46 Å². The van der Waals surface area contributed by atoms with Crippen LogP contribution in [0.4, 0.5) is 0 Å². The molecule has 16 heavy (non-hydrogen) atoms. The summed E-state index contributed by atoms with van der Waals surface area (Å²) in [5.41, 5.74) is 2.73. The summed E-state index contributed by atoms with van der Waals surface area (Å²) in [6.45, 7) is 2.13. The van der Waals surface area contributed by atoms with Crippen molar-refractivity contribution >= 4 is 19.4 Å². The normalized spacial score (nSPS) is 10.3. The third kappa shape index (κ3) is 3.48. The molecule has 1 heterocycles. The quantitative estimate of drug-likeness (QED) is 0.781. The van der Waals surface area contributed by atoms with E-state index in [2.05, 4.69) is 48.3 Å². The molecule has 0 aliphatic heterocycles. The Balaban J connectivity index is 1.82. The second-order valence-corrected chi connectivity index (χ2v) is 6.22. The Morgan fingerprint density at radius 2 is 1.69 bits per heavy atom. The van der Waals surface area contributed by atoms with Crippen LogP contribution in [-0.2, 0) is 6.42 Å². The van der Waals surface area contributed by atoms with Crippen molar-refractivity contribution < 1.29 is 0 Å². The molecule has 0 unspecified atom stereocenters. The van der Waals surface area contributed by atoms with Crippen molar-refractivity contribution in [2.24, 2.45) is 0 Å². The number of nitrogens with zero attached hydrogens (tertiary/aromatic N) is 1. The van der Waals surface area contributed by atoms with E-state index in [0.717, 1.165) is 6.42 Å². The van der Waals surface area contributed by atoms with Crippen molar-refractivity contribution in [1.29, 1.82) is 0 Å². The maximum atomic E-state index is 4.03. The van der Waals surface area contributed by atoms with Gasteiger partial charge in [-0.1, -0.05) is 0 Å². The van der Waals surface area contributed by atoms with E-state index in [0.29, 0.717) is 15.0 Å². The summed E-state index contributed by atoms with van der Waals surface area (Å²) in [6.07, 6.45) is 4.90. The van der Waals surface area contributed by atoms with Gasteiger partial charge in [-0.25, -0.2) is 0 Å². The summed E-state index contributed by atoms with van der Waals surface area (Å²) < 4.78 is 1.49. The first-order chi connectivity index (χ1) is 7.84. The third-order valence-corrected chi connectivity index (χ3v) is 4.56. The number of hydrogen-bond donors (Lipinski definition) is 0. The summed E-state index contributed by atoms with van der Waals surface area (Å²) in [6, 6.07) is 13.1. The van der Waals surface area contributed by atoms with Crippen molar-refractivity contribution in [2.75, 3.05) is 0 Å². The Bertz CT molecular complexity index is 422. The molecular formula is C14H15NSe. The SMILES string of the molecule is Cc1ccc([Se]CCc2ccncc2)cc1. The topological polar surface area (TPSA) is 12.9 Å². The maximum absolute atomic E-state index is 4.03. The molecule has 2 rings (SSSR count). The molecule has 0 atom stereocenters. The molecule has 0 spiro atoms. The zero-order valence-corrected chi connectivity index (χ0v) is 11.1. The zero-order chi connectivity index (χ0) is 11.2. The van der Waals surface area contributed by atoms with E-state index >= 15 is 0 Å². The van der Waals surface area contributed by atoms with E-state index < -0.39 is 0 Å². The van der Waals surface area contributed by atoms with Gasteiger partial charge in [0.1, 0.15) is 0 Å². The Morgan fingerprint density at radius 1 is 1.00 bits per heavy atom. The van der Waals surface area contributed by atoms with Gasteiger partial charge in [-0.3, -0.25) is 0 Å². The summed E-state index contributed by atoms with van der Waals surface area (Å²) in [5, 5.41) is 1.26. The first-order valence-electron chi connectivity index (χ1n) is 5.43. The van der Waals surface area contributed by atoms with E-state index in [9.17, 15) is 0 Å². The number of pyridine rings is 1. The van der Waals surface area contributed by atoms with E-state index in [1.165, 1.54) is 20.9 Å². The molecule has 82 valence electrons. The molecule has 0 saturated carbocycles. The number of rotatable bonds is 4. The van der Waals surface area contributed by atoms with Crippen LogP contribution in [0, 0.1) is 6.92 Å². The third-order valence-electron chi connectivity index (χ3n) is 2.43. The summed E-state index contributed by atoms with van der Waals surface area (Å²) >= 11 is 0.594. The minimum atomic E-state index is 0.594. The van der Waals surface area contributed by atoms with Gasteiger partial charge >= 0.3 is 103 Å². The monoisotopic (exact) mass is 277 g/mol. The molecule has 2 aromatic rings. The Hall–Kier alpha value is -1.11. The molecule has 0 radical (unpaired) electrons. The van der Waals surface area contributed by atoms with Gasteiger partial charge in [0.2, 0.25) is 0 Å². The van der Waals surface area contributed by atoms with Crippen molar-refractivity contribution in [3.05, 3.63) is 59.9 Å². The van der Waals surface area contributed by atoms with Gasteiger partial charge in [0, 0.05) is 0 Å². The van der Waals surface area contributed by atoms with Gasteiger partial charge in [-0.05, 0) is 0 Å². The molecular weight excluding hydrogens is 261 g/mol. The molecule has 0 fully saturated rings. The van der Waals surface area contributed by atoms with Crippen LogP contribution >= 0.6 is 0 Å². The standard InChI is InChI=1S/C14H15NSe/c1-12-2-4-14(5-3-12)16-11-8-13-6-9-15-10-7-13/h2-7,9-10H,8,11H2,1H3. The van der Waals surface area contributed by atoms with Crippen LogP contribution in [0.3, 0.4) is 0 Å². The van der Waals surface area contributed by atoms with Crippen molar-refractivity contribution in [2.45, 2.75) is 18.7 Å². The average Bonchev–Trinajstić information content (AvgIpc) is 2.33. The summed E-state index contributed by atoms with van der Waals surface area (Å²) in [5.74, 6) is 0. The zero-order valence-electron chi connectivity index (χ0n) is 9.39. The minimum absolute atomic E-state index is 0.594. The van der Waals surface area contributed by atoms with E-state index in [1.807, 2.05) is 12.4 Å². The molecule has 0 bridgehead atoms. The fourth-order valence-corrected chi connectivity index (χ4v) is 3.36. The van der Waals surface area contributed by atoms with Gasteiger partial charge in [-0.2, -0.15) is 0 Å². The van der Waals surface area contributed by atoms with Crippen molar-refractivity contribution in [3.63, 3.8) is 0 Å². The molecule has 0 N–H and O–H groups in total. The Morgan fingerprint density at radius 3 is 2.38 bits per heavy atom. The van der Waals surface area contributed by atoms with Crippen molar-refractivity contribution in [1.82, 2.24) is 4.98 Å². The second-order valence-electron chi connectivity index (χ2n) is 3.77. The Labute approximate surface area is 103 Å². The number of benzene rings is 1. The molecule has 0 saturated heterocycles. The number of aromatic nitrogens is 1. The van der Waals surface area contributed by atoms with E-state index in [-0.39, 0.29) is 0 Å². The first-order valence-corrected chi connectivity index (χ1v) is 7.50. The molecule has 1 aromatic carbocycles. The summed E-state index contributed by atoms with van der Waals surface area (Å²) in [7, 11) is 0. The predicted molar refractivity (Wildman–Crippen MR) is 69.3 cm³/mol. The summed E-state index contributed by atoms with van der Waals surface area (Å²) in [4.78, 5) is 4.03. The van der Waals surface area contributed by atoms with Crippen molar-refractivity contribution in [3.8, 4) is 0 Å². The molecule has 1 nitrogen and oxygen atoms in total. The van der Waals surface area contributed by atoms with Crippen LogP contribution in [0.1, 0.15) is 11.1 Å². The van der Waals surface area contributed by atoms with Crippen LogP contribution in [0.15, 0.2) is 48.8 Å². The first kappa shape index (κ1) is 11.4. The molecule has 2 heteroatoms. The van der Waals surface area contributed by atoms with Crippen LogP contribution in [-0.4, -0.2) is 19.9 Å². The molecule has 0 aliphatic rings. The van der Waals surface area contributed by atoms with E-state index in [4.69, 9.17) is 0 Å². The predicted octanol–water partition coefficient (Wildman–Crippen LogP) is 2.38. The molecule has 1 aromatic heterocycles. The number of hydrogen-bond acceptors (Lipinski definition) is 1. The van der Waals surface area contributed by atoms with Crippen LogP contribution in [0.25, 0.3) is 0 Å². The number of aryl methyl sites for hydroxylation is 2. The fourth-order valence-electron chi connectivity index (χ4n) is 1.47. The average molecular weight is 276 g/mol. The Kier molecular flexibility index (Phi) is 4.15. The van der Waals surface area contributed by atoms with Gasteiger partial charge in [-0.15, -0.1) is 0 Å². The molecule has 0 aliphatic carbocycles. The van der Waals surface area contributed by atoms with Gasteiger partial charge in [0.25, 0.3) is 0 Å². The van der Waals surface area contributed by atoms with Gasteiger partial charge in [0.05, 0.1) is 0 Å². The van der Waals surface area contributed by atoms with Crippen LogP contribution in [0.2, 0.25) is 5.32 Å². The fraction of sp³-hybridized carbons (Fsp3) is 0.214. The molecule has 0 amide bonds. The van der Waals surface area contributed by atoms with Gasteiger partial charge < -0.3 is 0 Å².